The molecule has 1 heterocycles. The molecule has 0 aliphatic heterocycles. The van der Waals surface area contributed by atoms with E-state index < -0.39 is 22.8 Å². The molecule has 19 heavy (non-hydrogen) atoms. The van der Waals surface area contributed by atoms with Crippen LogP contribution in [0, 0.1) is 0 Å². The normalized spacial score (nSPS) is 10.4. The summed E-state index contributed by atoms with van der Waals surface area (Å²) in [6.07, 6.45) is 0.999. The van der Waals surface area contributed by atoms with Crippen molar-refractivity contribution >= 4 is 17.6 Å². The molecule has 0 aliphatic rings. The van der Waals surface area contributed by atoms with Crippen LogP contribution in [0.5, 0.6) is 0 Å². The van der Waals surface area contributed by atoms with Crippen LogP contribution in [0.25, 0.3) is 5.69 Å². The Kier molecular flexibility index (Phi) is 3.26. The highest BCUT2D eigenvalue weighted by molar-refractivity contribution is 6.30. The molecule has 0 atom stereocenters. The van der Waals surface area contributed by atoms with E-state index in [1.54, 1.807) is 0 Å². The number of rotatable bonds is 2. The Labute approximate surface area is 112 Å². The van der Waals surface area contributed by atoms with Gasteiger partial charge in [0, 0.05) is 18.3 Å². The molecule has 0 unspecified atom stereocenters. The minimum absolute atomic E-state index is 0.262. The maximum absolute atomic E-state index is 12.0. The van der Waals surface area contributed by atoms with Gasteiger partial charge in [0.25, 0.3) is 5.56 Å². The van der Waals surface area contributed by atoms with Gasteiger partial charge in [0.15, 0.2) is 0 Å². The summed E-state index contributed by atoms with van der Waals surface area (Å²) in [6, 6.07) is 5.96. The van der Waals surface area contributed by atoms with Crippen molar-refractivity contribution in [2.24, 2.45) is 7.05 Å². The third kappa shape index (κ3) is 2.30. The van der Waals surface area contributed by atoms with Crippen molar-refractivity contribution in [2.75, 3.05) is 0 Å². The highest BCUT2D eigenvalue weighted by Crippen LogP contribution is 2.10. The maximum Gasteiger partial charge on any atom is 0.342 e. The van der Waals surface area contributed by atoms with Crippen LogP contribution in [0.3, 0.4) is 0 Å². The van der Waals surface area contributed by atoms with Crippen molar-refractivity contribution in [1.29, 1.82) is 0 Å². The SMILES string of the molecule is Cn1cc(C(=O)O)c(=O)n(-c2ccc(Cl)cc2)c1=O. The van der Waals surface area contributed by atoms with E-state index in [4.69, 9.17) is 16.7 Å². The number of hydrogen-bond donors (Lipinski definition) is 1. The first-order valence-electron chi connectivity index (χ1n) is 5.23. The fraction of sp³-hybridized carbons (Fsp3) is 0.0833. The smallest absolute Gasteiger partial charge is 0.342 e. The molecule has 0 spiro atoms. The predicted octanol–water partition coefficient (Wildman–Crippen LogP) is 0.888. The number of halogens is 1. The fourth-order valence-electron chi connectivity index (χ4n) is 1.63. The molecule has 0 bridgehead atoms. The Morgan fingerprint density at radius 2 is 1.79 bits per heavy atom. The van der Waals surface area contributed by atoms with Gasteiger partial charge in [0.05, 0.1) is 5.69 Å². The summed E-state index contributed by atoms with van der Waals surface area (Å²) in [4.78, 5) is 34.9. The number of aryl methyl sites for hydroxylation is 1. The molecule has 0 aliphatic carbocycles. The zero-order chi connectivity index (χ0) is 14.2. The molecule has 7 heteroatoms. The molecule has 98 valence electrons. The second kappa shape index (κ2) is 4.74. The quantitative estimate of drug-likeness (QED) is 0.886. The van der Waals surface area contributed by atoms with Gasteiger partial charge in [-0.25, -0.2) is 14.2 Å². The lowest BCUT2D eigenvalue weighted by atomic mass is 10.3. The Morgan fingerprint density at radius 1 is 1.21 bits per heavy atom. The Bertz CT molecular complexity index is 759. The van der Waals surface area contributed by atoms with Gasteiger partial charge in [-0.1, -0.05) is 11.6 Å². The van der Waals surface area contributed by atoms with Gasteiger partial charge in [-0.05, 0) is 24.3 Å². The first-order chi connectivity index (χ1) is 8.91. The molecule has 2 aromatic rings. The zero-order valence-corrected chi connectivity index (χ0v) is 10.6. The molecule has 1 aromatic heterocycles. The third-order valence-electron chi connectivity index (χ3n) is 2.56. The monoisotopic (exact) mass is 280 g/mol. The zero-order valence-electron chi connectivity index (χ0n) is 9.83. The molecule has 0 radical (unpaired) electrons. The van der Waals surface area contributed by atoms with Crippen LogP contribution in [-0.4, -0.2) is 20.2 Å². The second-order valence-electron chi connectivity index (χ2n) is 3.86. The van der Waals surface area contributed by atoms with E-state index in [-0.39, 0.29) is 5.69 Å². The Balaban J connectivity index is 2.83. The van der Waals surface area contributed by atoms with E-state index in [0.717, 1.165) is 15.3 Å². The predicted molar refractivity (Wildman–Crippen MR) is 69.2 cm³/mol. The van der Waals surface area contributed by atoms with Crippen molar-refractivity contribution in [3.05, 3.63) is 61.9 Å². The van der Waals surface area contributed by atoms with Gasteiger partial charge >= 0.3 is 11.7 Å². The number of aromatic nitrogens is 2. The Hall–Kier alpha value is -2.34. The van der Waals surface area contributed by atoms with E-state index in [2.05, 4.69) is 0 Å². The van der Waals surface area contributed by atoms with Crippen LogP contribution < -0.4 is 11.2 Å². The van der Waals surface area contributed by atoms with Gasteiger partial charge in [-0.2, -0.15) is 0 Å². The summed E-state index contributed by atoms with van der Waals surface area (Å²) in [6.45, 7) is 0. The highest BCUT2D eigenvalue weighted by atomic mass is 35.5. The minimum atomic E-state index is -1.39. The number of benzene rings is 1. The van der Waals surface area contributed by atoms with Crippen molar-refractivity contribution in [3.8, 4) is 5.69 Å². The molecule has 1 aromatic carbocycles. The van der Waals surface area contributed by atoms with Gasteiger partial charge in [-0.3, -0.25) is 4.79 Å². The van der Waals surface area contributed by atoms with E-state index in [1.165, 1.54) is 31.3 Å². The average molecular weight is 281 g/mol. The van der Waals surface area contributed by atoms with E-state index >= 15 is 0 Å². The summed E-state index contributed by atoms with van der Waals surface area (Å²) in [5.74, 6) is -1.39. The molecule has 2 rings (SSSR count). The molecular formula is C12H9ClN2O4. The molecular weight excluding hydrogens is 272 g/mol. The molecule has 0 saturated heterocycles. The van der Waals surface area contributed by atoms with Gasteiger partial charge in [0.1, 0.15) is 5.56 Å². The summed E-state index contributed by atoms with van der Waals surface area (Å²) in [7, 11) is 1.38. The topological polar surface area (TPSA) is 81.3 Å². The number of carbonyl (C=O) groups is 1. The first-order valence-corrected chi connectivity index (χ1v) is 5.61. The third-order valence-corrected chi connectivity index (χ3v) is 2.82. The number of nitrogens with zero attached hydrogens (tertiary/aromatic N) is 2. The van der Waals surface area contributed by atoms with E-state index in [9.17, 15) is 14.4 Å². The summed E-state index contributed by atoms with van der Waals surface area (Å²) >= 11 is 5.73. The van der Waals surface area contributed by atoms with Gasteiger partial charge in [-0.15, -0.1) is 0 Å². The van der Waals surface area contributed by atoms with Crippen molar-refractivity contribution in [3.63, 3.8) is 0 Å². The van der Waals surface area contributed by atoms with Crippen molar-refractivity contribution in [1.82, 2.24) is 9.13 Å². The standard InChI is InChI=1S/C12H9ClN2O4/c1-14-6-9(11(17)18)10(16)15(12(14)19)8-4-2-7(13)3-5-8/h2-6H,1H3,(H,17,18). The van der Waals surface area contributed by atoms with Crippen LogP contribution in [0.1, 0.15) is 10.4 Å². The lowest BCUT2D eigenvalue weighted by molar-refractivity contribution is 0.0693. The van der Waals surface area contributed by atoms with Crippen LogP contribution in [0.15, 0.2) is 40.1 Å². The highest BCUT2D eigenvalue weighted by Gasteiger charge is 2.16. The van der Waals surface area contributed by atoms with E-state index in [1.807, 2.05) is 0 Å². The summed E-state index contributed by atoms with van der Waals surface area (Å²) in [5, 5.41) is 9.39. The second-order valence-corrected chi connectivity index (χ2v) is 4.29. The first kappa shape index (κ1) is 13.1. The summed E-state index contributed by atoms with van der Waals surface area (Å²) < 4.78 is 1.83. The molecule has 0 fully saturated rings. The van der Waals surface area contributed by atoms with Gasteiger partial charge in [0.2, 0.25) is 0 Å². The number of aromatic carboxylic acids is 1. The van der Waals surface area contributed by atoms with Crippen LogP contribution in [0.4, 0.5) is 0 Å². The van der Waals surface area contributed by atoms with Crippen LogP contribution >= 0.6 is 11.6 Å². The van der Waals surface area contributed by atoms with Crippen LogP contribution in [-0.2, 0) is 7.05 Å². The number of hydrogen-bond acceptors (Lipinski definition) is 3. The van der Waals surface area contributed by atoms with Crippen molar-refractivity contribution in [2.45, 2.75) is 0 Å². The lowest BCUT2D eigenvalue weighted by Crippen LogP contribution is -2.40. The molecule has 6 nitrogen and oxygen atoms in total. The van der Waals surface area contributed by atoms with E-state index in [0.29, 0.717) is 5.02 Å². The van der Waals surface area contributed by atoms with Crippen molar-refractivity contribution < 1.29 is 9.90 Å². The molecule has 0 amide bonds. The largest absolute Gasteiger partial charge is 0.477 e. The maximum atomic E-state index is 12.0. The number of carboxylic acids is 1. The minimum Gasteiger partial charge on any atom is -0.477 e. The van der Waals surface area contributed by atoms with Gasteiger partial charge < -0.3 is 9.67 Å². The lowest BCUT2D eigenvalue weighted by Gasteiger charge is -2.08. The molecule has 0 saturated carbocycles. The molecule has 1 N–H and O–H groups in total. The Morgan fingerprint density at radius 3 is 2.32 bits per heavy atom. The average Bonchev–Trinajstić information content (AvgIpc) is 2.36. The summed E-state index contributed by atoms with van der Waals surface area (Å²) in [5.41, 5.74) is -1.72. The fourth-order valence-corrected chi connectivity index (χ4v) is 1.76. The van der Waals surface area contributed by atoms with Crippen LogP contribution in [0.2, 0.25) is 5.02 Å². The number of carboxylic acid groups (broad SMARTS) is 1.